The summed E-state index contributed by atoms with van der Waals surface area (Å²) < 4.78 is 119. The zero-order valence-electron chi connectivity index (χ0n) is 31.0. The summed E-state index contributed by atoms with van der Waals surface area (Å²) in [4.78, 5) is 38.2. The van der Waals surface area contributed by atoms with Crippen LogP contribution in [0.1, 0.15) is 63.0 Å². The van der Waals surface area contributed by atoms with Crippen LogP contribution in [0, 0.1) is 12.8 Å². The van der Waals surface area contributed by atoms with Gasteiger partial charge < -0.3 is 25.6 Å². The quantitative estimate of drug-likeness (QED) is 0.158. The lowest BCUT2D eigenvalue weighted by atomic mass is 9.80. The van der Waals surface area contributed by atoms with Crippen molar-refractivity contribution in [1.82, 2.24) is 20.2 Å². The molecule has 57 heavy (non-hydrogen) atoms. The largest absolute Gasteiger partial charge is 0.490 e. The third-order valence-electron chi connectivity index (χ3n) is 8.84. The van der Waals surface area contributed by atoms with Crippen molar-refractivity contribution in [1.29, 1.82) is 0 Å². The predicted molar refractivity (Wildman–Crippen MR) is 188 cm³/mol. The molecule has 5 rings (SSSR count). The first-order valence-corrected chi connectivity index (χ1v) is 19.1. The summed E-state index contributed by atoms with van der Waals surface area (Å²) in [6.07, 6.45) is -7.78. The van der Waals surface area contributed by atoms with Crippen LogP contribution < -0.4 is 5.32 Å². The zero-order chi connectivity index (χ0) is 43.7. The molecule has 0 radical (unpaired) electrons. The number of aliphatic carboxylic acids is 3. The summed E-state index contributed by atoms with van der Waals surface area (Å²) >= 11 is 0. The SMILES string of the molecule is Cc1cc(C2CCN(C3CCNCC3)[C@H](CC(C)C)C2)cc2[nH]c(-c3ccc(S(C)(=O)=O)cc3)nc12.O=C(O)C(F)(F)F.O=C(O)C(F)(F)F.O=C(O)C(F)(F)F. The average molecular weight is 851 g/mol. The smallest absolute Gasteiger partial charge is 0.475 e. The maximum atomic E-state index is 11.8. The Morgan fingerprint density at radius 3 is 1.74 bits per heavy atom. The van der Waals surface area contributed by atoms with Crippen LogP contribution in [-0.2, 0) is 24.2 Å². The molecule has 320 valence electrons. The number of sulfone groups is 1. The van der Waals surface area contributed by atoms with Crippen LogP contribution in [0.25, 0.3) is 22.4 Å². The zero-order valence-corrected chi connectivity index (χ0v) is 31.8. The number of halogens is 9. The van der Waals surface area contributed by atoms with Crippen LogP contribution in [0.2, 0.25) is 0 Å². The van der Waals surface area contributed by atoms with Crippen LogP contribution >= 0.6 is 0 Å². The molecule has 0 aliphatic carbocycles. The van der Waals surface area contributed by atoms with Crippen molar-refractivity contribution in [2.75, 3.05) is 25.9 Å². The highest BCUT2D eigenvalue weighted by molar-refractivity contribution is 7.90. The Hall–Kier alpha value is -4.44. The molecule has 2 aromatic carbocycles. The van der Waals surface area contributed by atoms with Crippen molar-refractivity contribution in [3.8, 4) is 11.4 Å². The molecule has 2 aliphatic rings. The van der Waals surface area contributed by atoms with E-state index in [1.54, 1.807) is 12.1 Å². The van der Waals surface area contributed by atoms with Crippen LogP contribution in [0.4, 0.5) is 39.5 Å². The first kappa shape index (κ1) is 48.7. The van der Waals surface area contributed by atoms with Crippen LogP contribution in [-0.4, -0.2) is 113 Å². The lowest BCUT2D eigenvalue weighted by Crippen LogP contribution is -2.51. The second-order valence-corrected chi connectivity index (χ2v) is 15.8. The molecule has 0 amide bonds. The number of alkyl halides is 9. The van der Waals surface area contributed by atoms with Gasteiger partial charge in [-0.05, 0) is 112 Å². The maximum absolute atomic E-state index is 11.8. The molecule has 2 aliphatic heterocycles. The number of rotatable bonds is 6. The first-order chi connectivity index (χ1) is 26.0. The van der Waals surface area contributed by atoms with Gasteiger partial charge in [-0.3, -0.25) is 4.90 Å². The van der Waals surface area contributed by atoms with Gasteiger partial charge >= 0.3 is 36.4 Å². The summed E-state index contributed by atoms with van der Waals surface area (Å²) in [7, 11) is -3.21. The van der Waals surface area contributed by atoms with Crippen LogP contribution in [0.15, 0.2) is 41.3 Å². The summed E-state index contributed by atoms with van der Waals surface area (Å²) in [6, 6.07) is 13.0. The van der Waals surface area contributed by atoms with Gasteiger partial charge in [0, 0.05) is 23.9 Å². The van der Waals surface area contributed by atoms with Crippen LogP contribution in [0.5, 0.6) is 0 Å². The molecule has 1 unspecified atom stereocenters. The fourth-order valence-corrected chi connectivity index (χ4v) is 6.95. The number of carbonyl (C=O) groups is 3. The Balaban J connectivity index is 0.000000438. The van der Waals surface area contributed by atoms with E-state index in [1.165, 1.54) is 56.0 Å². The standard InChI is InChI=1S/C29H40N4O2S.3C2HF3O2/c1-19(2)15-25-17-22(11-14-33(25)24-9-12-30-13-10-24)23-16-20(3)28-27(18-23)31-29(32-28)21-5-7-26(8-6-21)36(4,34)35;3*3-2(4,5)1(6)7/h5-8,16,18-19,22,24-25,30H,9-15,17H2,1-4H3,(H,31,32);3*(H,6,7)/t22?,25-;;;/m1.../s1. The van der Waals surface area contributed by atoms with Crippen molar-refractivity contribution < 1.29 is 77.6 Å². The van der Waals surface area contributed by atoms with Crippen molar-refractivity contribution in [2.45, 2.75) is 94.3 Å². The Bertz CT molecular complexity index is 1870. The van der Waals surface area contributed by atoms with E-state index in [1.807, 2.05) is 12.1 Å². The first-order valence-electron chi connectivity index (χ1n) is 17.2. The second-order valence-electron chi connectivity index (χ2n) is 13.7. The highest BCUT2D eigenvalue weighted by atomic mass is 32.2. The molecule has 1 aromatic heterocycles. The number of nitrogens with zero attached hydrogens (tertiary/aromatic N) is 2. The minimum atomic E-state index is -5.08. The highest BCUT2D eigenvalue weighted by Crippen LogP contribution is 2.38. The number of imidazole rings is 1. The molecule has 22 heteroatoms. The number of fused-ring (bicyclic) bond motifs is 1. The van der Waals surface area contributed by atoms with Gasteiger partial charge in [0.15, 0.2) is 9.84 Å². The molecule has 5 N–H and O–H groups in total. The Labute approximate surface area is 321 Å². The van der Waals surface area contributed by atoms with E-state index in [0.29, 0.717) is 22.8 Å². The number of carboxylic acid groups (broad SMARTS) is 3. The summed E-state index contributed by atoms with van der Waals surface area (Å²) in [5, 5.41) is 24.9. The number of piperidine rings is 2. The average Bonchev–Trinajstić information content (AvgIpc) is 3.53. The minimum Gasteiger partial charge on any atom is -0.475 e. The molecule has 2 atom stereocenters. The number of likely N-dealkylation sites (tertiary alicyclic amines) is 1. The molecular weight excluding hydrogens is 807 g/mol. The number of aryl methyl sites for hydroxylation is 1. The molecule has 12 nitrogen and oxygen atoms in total. The third-order valence-corrected chi connectivity index (χ3v) is 9.97. The van der Waals surface area contributed by atoms with Gasteiger partial charge in [0.05, 0.1) is 15.9 Å². The Morgan fingerprint density at radius 1 is 0.842 bits per heavy atom. The topological polar surface area (TPSA) is 190 Å². The normalized spacial score (nSPS) is 18.4. The molecule has 0 spiro atoms. The molecule has 3 aromatic rings. The Morgan fingerprint density at radius 2 is 1.32 bits per heavy atom. The van der Waals surface area contributed by atoms with Gasteiger partial charge in [0.25, 0.3) is 0 Å². The molecule has 3 heterocycles. The van der Waals surface area contributed by atoms with Gasteiger partial charge in [-0.1, -0.05) is 19.9 Å². The third kappa shape index (κ3) is 15.4. The van der Waals surface area contributed by atoms with Crippen molar-refractivity contribution >= 4 is 38.8 Å². The van der Waals surface area contributed by atoms with Gasteiger partial charge in [-0.25, -0.2) is 27.8 Å². The summed E-state index contributed by atoms with van der Waals surface area (Å²) in [6.45, 7) is 10.3. The second kappa shape index (κ2) is 19.8. The fraction of sp³-hybridized carbons (Fsp3) is 0.543. The van der Waals surface area contributed by atoms with E-state index < -0.39 is 46.3 Å². The van der Waals surface area contributed by atoms with Crippen molar-refractivity contribution in [2.24, 2.45) is 5.92 Å². The number of carboxylic acids is 3. The highest BCUT2D eigenvalue weighted by Gasteiger charge is 2.40. The van der Waals surface area contributed by atoms with E-state index in [0.717, 1.165) is 41.6 Å². The van der Waals surface area contributed by atoms with Gasteiger partial charge in [-0.2, -0.15) is 39.5 Å². The molecular formula is C35H43F9N4O8S. The number of aromatic nitrogens is 2. The number of aromatic amines is 1. The number of H-pyrrole nitrogens is 1. The van der Waals surface area contributed by atoms with E-state index in [2.05, 4.69) is 48.1 Å². The molecule has 0 bridgehead atoms. The number of nitrogens with one attached hydrogen (secondary N) is 2. The van der Waals surface area contributed by atoms with Gasteiger partial charge in [0.1, 0.15) is 5.82 Å². The van der Waals surface area contributed by atoms with Crippen LogP contribution in [0.3, 0.4) is 0 Å². The van der Waals surface area contributed by atoms with E-state index in [9.17, 15) is 47.9 Å². The lowest BCUT2D eigenvalue weighted by Gasteiger charge is -2.46. The molecule has 0 saturated carbocycles. The Kier molecular flexibility index (Phi) is 16.9. The predicted octanol–water partition coefficient (Wildman–Crippen LogP) is 7.19. The minimum absolute atomic E-state index is 0.326. The summed E-state index contributed by atoms with van der Waals surface area (Å²) in [5.74, 6) is -6.22. The lowest BCUT2D eigenvalue weighted by molar-refractivity contribution is -0.193. The fourth-order valence-electron chi connectivity index (χ4n) is 6.32. The van der Waals surface area contributed by atoms with Crippen molar-refractivity contribution in [3.63, 3.8) is 0 Å². The number of benzene rings is 2. The van der Waals surface area contributed by atoms with E-state index >= 15 is 0 Å². The molecule has 2 fully saturated rings. The summed E-state index contributed by atoms with van der Waals surface area (Å²) in [5.41, 5.74) is 5.56. The van der Waals surface area contributed by atoms with E-state index in [-0.39, 0.29) is 0 Å². The van der Waals surface area contributed by atoms with Crippen molar-refractivity contribution in [3.05, 3.63) is 47.5 Å². The number of hydrogen-bond acceptors (Lipinski definition) is 8. The molecule has 2 saturated heterocycles. The van der Waals surface area contributed by atoms with Gasteiger partial charge in [-0.15, -0.1) is 0 Å². The maximum Gasteiger partial charge on any atom is 0.490 e. The monoisotopic (exact) mass is 850 g/mol. The number of hydrogen-bond donors (Lipinski definition) is 5. The van der Waals surface area contributed by atoms with Gasteiger partial charge in [0.2, 0.25) is 0 Å². The van der Waals surface area contributed by atoms with E-state index in [4.69, 9.17) is 34.7 Å².